The molecule has 2 aromatic carbocycles. The Balaban J connectivity index is 1.62. The predicted molar refractivity (Wildman–Crippen MR) is 115 cm³/mol. The van der Waals surface area contributed by atoms with E-state index < -0.39 is 17.8 Å². The van der Waals surface area contributed by atoms with E-state index in [-0.39, 0.29) is 5.57 Å². The number of rotatable bonds is 6. The smallest absolute Gasteiger partial charge is 0.328 e. The highest BCUT2D eigenvalue weighted by atomic mass is 16.5. The van der Waals surface area contributed by atoms with Gasteiger partial charge in [-0.25, -0.2) is 4.79 Å². The zero-order valence-electron chi connectivity index (χ0n) is 17.1. The number of fused-ring (bicyclic) bond motifs is 1. The third-order valence-corrected chi connectivity index (χ3v) is 5.15. The lowest BCUT2D eigenvalue weighted by Gasteiger charge is -2.14. The summed E-state index contributed by atoms with van der Waals surface area (Å²) in [5.41, 5.74) is 2.47. The number of barbiturate groups is 1. The number of hydrogen-bond donors (Lipinski definition) is 2. The van der Waals surface area contributed by atoms with Crippen molar-refractivity contribution < 1.29 is 23.9 Å². The molecule has 0 atom stereocenters. The number of benzene rings is 2. The summed E-state index contributed by atoms with van der Waals surface area (Å²) in [6, 6.07) is 14.3. The quantitative estimate of drug-likeness (QED) is 0.473. The van der Waals surface area contributed by atoms with Crippen LogP contribution in [0.3, 0.4) is 0 Å². The van der Waals surface area contributed by atoms with E-state index in [0.717, 1.165) is 33.7 Å². The molecular weight excluding hydrogens is 398 g/mol. The fourth-order valence-electron chi connectivity index (χ4n) is 3.61. The summed E-state index contributed by atoms with van der Waals surface area (Å²) < 4.78 is 13.1. The minimum Gasteiger partial charge on any atom is -0.497 e. The maximum absolute atomic E-state index is 12.2. The van der Waals surface area contributed by atoms with Crippen molar-refractivity contribution in [2.75, 3.05) is 13.7 Å². The first-order valence-electron chi connectivity index (χ1n) is 9.71. The second-order valence-electron chi connectivity index (χ2n) is 6.99. The molecule has 0 aliphatic carbocycles. The number of urea groups is 1. The van der Waals surface area contributed by atoms with Crippen molar-refractivity contribution in [3.05, 3.63) is 65.4 Å². The van der Waals surface area contributed by atoms with E-state index in [2.05, 4.69) is 15.2 Å². The molecule has 1 fully saturated rings. The molecule has 8 nitrogen and oxygen atoms in total. The summed E-state index contributed by atoms with van der Waals surface area (Å²) in [7, 11) is 1.61. The van der Waals surface area contributed by atoms with E-state index in [4.69, 9.17) is 9.47 Å². The zero-order chi connectivity index (χ0) is 22.0. The highest BCUT2D eigenvalue weighted by molar-refractivity contribution is 6.31. The minimum atomic E-state index is -0.818. The van der Waals surface area contributed by atoms with Gasteiger partial charge in [-0.2, -0.15) is 0 Å². The number of carbonyl (C=O) groups excluding carboxylic acids is 3. The summed E-state index contributed by atoms with van der Waals surface area (Å²) in [6.07, 6.45) is 1.52. The molecule has 0 spiro atoms. The molecule has 31 heavy (non-hydrogen) atoms. The van der Waals surface area contributed by atoms with Gasteiger partial charge < -0.3 is 14.0 Å². The third kappa shape index (κ3) is 4.00. The van der Waals surface area contributed by atoms with Crippen molar-refractivity contribution in [1.29, 1.82) is 0 Å². The van der Waals surface area contributed by atoms with Crippen LogP contribution in [0, 0.1) is 6.92 Å². The summed E-state index contributed by atoms with van der Waals surface area (Å²) in [4.78, 5) is 35.6. The fraction of sp³-hybridized carbons (Fsp3) is 0.174. The van der Waals surface area contributed by atoms with Gasteiger partial charge in [-0.05, 0) is 43.3 Å². The number of imide groups is 2. The van der Waals surface area contributed by atoms with Crippen LogP contribution in [0.1, 0.15) is 11.3 Å². The van der Waals surface area contributed by atoms with Gasteiger partial charge in [0.2, 0.25) is 0 Å². The van der Waals surface area contributed by atoms with Crippen LogP contribution in [0.5, 0.6) is 11.5 Å². The highest BCUT2D eigenvalue weighted by Gasteiger charge is 2.28. The molecule has 1 saturated heterocycles. The van der Waals surface area contributed by atoms with Crippen molar-refractivity contribution in [3.8, 4) is 11.5 Å². The number of para-hydroxylation sites is 1. The lowest BCUT2D eigenvalue weighted by molar-refractivity contribution is -0.123. The van der Waals surface area contributed by atoms with Crippen molar-refractivity contribution in [2.45, 2.75) is 13.5 Å². The van der Waals surface area contributed by atoms with Gasteiger partial charge in [0, 0.05) is 22.2 Å². The minimum absolute atomic E-state index is 0.111. The third-order valence-electron chi connectivity index (χ3n) is 5.15. The molecule has 1 aromatic heterocycles. The molecule has 4 rings (SSSR count). The van der Waals surface area contributed by atoms with Crippen LogP contribution in [-0.2, 0) is 16.1 Å². The number of aromatic nitrogens is 1. The molecule has 3 aromatic rings. The molecule has 2 N–H and O–H groups in total. The first-order valence-corrected chi connectivity index (χ1v) is 9.71. The molecule has 0 saturated carbocycles. The first kappa shape index (κ1) is 20.2. The number of nitrogens with one attached hydrogen (secondary N) is 2. The van der Waals surface area contributed by atoms with Crippen molar-refractivity contribution >= 4 is 34.8 Å². The number of carbonyl (C=O) groups is 3. The van der Waals surface area contributed by atoms with Gasteiger partial charge in [-0.3, -0.25) is 20.2 Å². The summed E-state index contributed by atoms with van der Waals surface area (Å²) in [5, 5.41) is 5.10. The van der Waals surface area contributed by atoms with Crippen LogP contribution >= 0.6 is 0 Å². The Kier molecular flexibility index (Phi) is 5.44. The normalized spacial score (nSPS) is 13.7. The van der Waals surface area contributed by atoms with Gasteiger partial charge in [0.15, 0.2) is 0 Å². The fourth-order valence-corrected chi connectivity index (χ4v) is 3.61. The van der Waals surface area contributed by atoms with Crippen molar-refractivity contribution in [3.63, 3.8) is 0 Å². The Labute approximate surface area is 178 Å². The SMILES string of the molecule is COc1ccc(OCCn2c(C)c(C=C3C(=O)NC(=O)NC3=O)c3ccccc32)cc1. The zero-order valence-corrected chi connectivity index (χ0v) is 17.1. The monoisotopic (exact) mass is 419 g/mol. The Morgan fingerprint density at radius 2 is 1.58 bits per heavy atom. The second-order valence-corrected chi connectivity index (χ2v) is 6.99. The van der Waals surface area contributed by atoms with E-state index in [0.29, 0.717) is 13.2 Å². The van der Waals surface area contributed by atoms with Crippen LogP contribution in [0.15, 0.2) is 54.1 Å². The standard InChI is InChI=1S/C23H21N3O5/c1-14-18(13-19-21(27)24-23(29)25-22(19)28)17-5-3-4-6-20(17)26(14)11-12-31-16-9-7-15(30-2)8-10-16/h3-10,13H,11-12H2,1-2H3,(H2,24,25,27,28,29). The van der Waals surface area contributed by atoms with Crippen LogP contribution in [-0.4, -0.2) is 36.1 Å². The van der Waals surface area contributed by atoms with Gasteiger partial charge in [0.25, 0.3) is 11.8 Å². The second kappa shape index (κ2) is 8.35. The van der Waals surface area contributed by atoms with Gasteiger partial charge in [-0.1, -0.05) is 18.2 Å². The van der Waals surface area contributed by atoms with Gasteiger partial charge in [0.1, 0.15) is 23.7 Å². The number of nitrogens with zero attached hydrogens (tertiary/aromatic N) is 1. The van der Waals surface area contributed by atoms with Crippen molar-refractivity contribution in [1.82, 2.24) is 15.2 Å². The number of hydrogen-bond acceptors (Lipinski definition) is 5. The molecule has 0 unspecified atom stereocenters. The van der Waals surface area contributed by atoms with E-state index in [1.54, 1.807) is 7.11 Å². The first-order chi connectivity index (χ1) is 15.0. The van der Waals surface area contributed by atoms with Crippen LogP contribution in [0.25, 0.3) is 17.0 Å². The van der Waals surface area contributed by atoms with Crippen LogP contribution in [0.2, 0.25) is 0 Å². The van der Waals surface area contributed by atoms with Crippen molar-refractivity contribution in [2.24, 2.45) is 0 Å². The summed E-state index contributed by atoms with van der Waals surface area (Å²) >= 11 is 0. The molecule has 0 bridgehead atoms. The van der Waals surface area contributed by atoms with E-state index in [1.165, 1.54) is 6.08 Å². The Morgan fingerprint density at radius 1 is 0.935 bits per heavy atom. The van der Waals surface area contributed by atoms with Gasteiger partial charge >= 0.3 is 6.03 Å². The molecule has 1 aliphatic heterocycles. The predicted octanol–water partition coefficient (Wildman–Crippen LogP) is 2.79. The molecule has 8 heteroatoms. The number of ether oxygens (including phenoxy) is 2. The Hall–Kier alpha value is -4.07. The highest BCUT2D eigenvalue weighted by Crippen LogP contribution is 2.28. The van der Waals surface area contributed by atoms with Gasteiger partial charge in [0.05, 0.1) is 13.7 Å². The maximum atomic E-state index is 12.2. The molecule has 158 valence electrons. The average molecular weight is 419 g/mol. The number of methoxy groups -OCH3 is 1. The maximum Gasteiger partial charge on any atom is 0.328 e. The molecule has 0 radical (unpaired) electrons. The number of amides is 4. The summed E-state index contributed by atoms with van der Waals surface area (Å²) in [6.45, 7) is 2.92. The molecule has 2 heterocycles. The van der Waals surface area contributed by atoms with Crippen LogP contribution in [0.4, 0.5) is 4.79 Å². The largest absolute Gasteiger partial charge is 0.497 e. The molecular formula is C23H21N3O5. The molecule has 4 amide bonds. The van der Waals surface area contributed by atoms with E-state index >= 15 is 0 Å². The Bertz CT molecular complexity index is 1190. The average Bonchev–Trinajstić information content (AvgIpc) is 3.02. The Morgan fingerprint density at radius 3 is 2.26 bits per heavy atom. The lowest BCUT2D eigenvalue weighted by Crippen LogP contribution is -2.51. The topological polar surface area (TPSA) is 98.7 Å². The molecule has 1 aliphatic rings. The lowest BCUT2D eigenvalue weighted by atomic mass is 10.1. The van der Waals surface area contributed by atoms with Crippen LogP contribution < -0.4 is 20.1 Å². The summed E-state index contributed by atoms with van der Waals surface area (Å²) in [5.74, 6) is 0.0628. The van der Waals surface area contributed by atoms with E-state index in [1.807, 2.05) is 55.5 Å². The van der Waals surface area contributed by atoms with Gasteiger partial charge in [-0.15, -0.1) is 0 Å². The van der Waals surface area contributed by atoms with E-state index in [9.17, 15) is 14.4 Å².